The van der Waals surface area contributed by atoms with Gasteiger partial charge in [-0.15, -0.1) is 0 Å². The Morgan fingerprint density at radius 3 is 2.25 bits per heavy atom. The maximum atomic E-state index is 12.8. The second-order valence-corrected chi connectivity index (χ2v) is 7.23. The molecule has 1 aliphatic rings. The van der Waals surface area contributed by atoms with Crippen LogP contribution in [0.15, 0.2) is 47.4 Å². The summed E-state index contributed by atoms with van der Waals surface area (Å²) in [6.07, 6.45) is 0.440. The quantitative estimate of drug-likeness (QED) is 0.863. The molecular weight excluding hydrogens is 332 g/mol. The van der Waals surface area contributed by atoms with E-state index in [0.717, 1.165) is 0 Å². The molecule has 24 heavy (non-hydrogen) atoms. The second kappa shape index (κ2) is 5.64. The van der Waals surface area contributed by atoms with Crippen LogP contribution in [0.3, 0.4) is 0 Å². The van der Waals surface area contributed by atoms with Crippen LogP contribution >= 0.6 is 0 Å². The van der Waals surface area contributed by atoms with E-state index in [0.29, 0.717) is 17.7 Å². The minimum absolute atomic E-state index is 0.0441. The van der Waals surface area contributed by atoms with Gasteiger partial charge in [0.2, 0.25) is 5.91 Å². The number of aromatic carboxylic acids is 1. The van der Waals surface area contributed by atoms with Gasteiger partial charge in [0.15, 0.2) is 0 Å². The fraction of sp³-hybridized carbons (Fsp3) is 0.125. The van der Waals surface area contributed by atoms with Crippen LogP contribution in [-0.2, 0) is 16.4 Å². The first-order valence-electron chi connectivity index (χ1n) is 7.09. The van der Waals surface area contributed by atoms with Gasteiger partial charge in [0.25, 0.3) is 10.0 Å². The molecule has 0 aromatic heterocycles. The van der Waals surface area contributed by atoms with Crippen LogP contribution in [0, 0.1) is 0 Å². The second-order valence-electron chi connectivity index (χ2n) is 5.36. The van der Waals surface area contributed by atoms with Crippen molar-refractivity contribution in [2.45, 2.75) is 11.3 Å². The third kappa shape index (κ3) is 2.61. The normalized spacial score (nSPS) is 13.6. The smallest absolute Gasteiger partial charge is 0.335 e. The zero-order valence-corrected chi connectivity index (χ0v) is 13.3. The van der Waals surface area contributed by atoms with E-state index in [1.54, 1.807) is 0 Å². The number of hydrogen-bond donors (Lipinski definition) is 2. The molecule has 0 atom stereocenters. The van der Waals surface area contributed by atoms with Gasteiger partial charge >= 0.3 is 5.97 Å². The number of anilines is 1. The minimum atomic E-state index is -3.79. The Morgan fingerprint density at radius 2 is 1.67 bits per heavy atom. The van der Waals surface area contributed by atoms with Crippen LogP contribution in [-0.4, -0.2) is 31.9 Å². The van der Waals surface area contributed by atoms with E-state index in [9.17, 15) is 18.0 Å². The topological polar surface area (TPSA) is 118 Å². The van der Waals surface area contributed by atoms with Gasteiger partial charge < -0.3 is 10.8 Å². The molecule has 124 valence electrons. The number of amides is 1. The molecule has 0 saturated heterocycles. The maximum absolute atomic E-state index is 12.8. The Bertz CT molecular complexity index is 935. The molecule has 2 aromatic rings. The summed E-state index contributed by atoms with van der Waals surface area (Å²) in [5.41, 5.74) is 6.64. The predicted molar refractivity (Wildman–Crippen MR) is 86.6 cm³/mol. The van der Waals surface area contributed by atoms with Crippen LogP contribution in [0.2, 0.25) is 0 Å². The van der Waals surface area contributed by atoms with Crippen molar-refractivity contribution in [3.05, 3.63) is 59.2 Å². The highest BCUT2D eigenvalue weighted by Crippen LogP contribution is 2.33. The fourth-order valence-corrected chi connectivity index (χ4v) is 4.18. The molecule has 3 N–H and O–H groups in total. The van der Waals surface area contributed by atoms with Crippen molar-refractivity contribution in [1.29, 1.82) is 0 Å². The number of rotatable bonds is 4. The molecule has 0 bridgehead atoms. The molecular formula is C16H14N2O5S. The summed E-state index contributed by atoms with van der Waals surface area (Å²) >= 11 is 0. The Hall–Kier alpha value is -2.87. The number of carboxylic acids is 1. The van der Waals surface area contributed by atoms with Crippen LogP contribution < -0.4 is 10.0 Å². The number of sulfonamides is 1. The zero-order chi connectivity index (χ0) is 17.5. The molecule has 0 saturated carbocycles. The van der Waals surface area contributed by atoms with Crippen LogP contribution in [0.25, 0.3) is 0 Å². The van der Waals surface area contributed by atoms with E-state index in [2.05, 4.69) is 0 Å². The van der Waals surface area contributed by atoms with Gasteiger partial charge in [-0.05, 0) is 54.4 Å². The van der Waals surface area contributed by atoms with Crippen molar-refractivity contribution >= 4 is 27.6 Å². The first kappa shape index (κ1) is 16.0. The average molecular weight is 346 g/mol. The van der Waals surface area contributed by atoms with Gasteiger partial charge in [-0.25, -0.2) is 13.2 Å². The number of benzene rings is 2. The highest BCUT2D eigenvalue weighted by atomic mass is 32.2. The molecule has 0 radical (unpaired) electrons. The first-order chi connectivity index (χ1) is 11.3. The summed E-state index contributed by atoms with van der Waals surface area (Å²) in [5, 5.41) is 9.02. The van der Waals surface area contributed by atoms with E-state index in [-0.39, 0.29) is 22.6 Å². The number of carbonyl (C=O) groups excluding carboxylic acids is 1. The molecule has 0 fully saturated rings. The molecule has 1 aliphatic heterocycles. The summed E-state index contributed by atoms with van der Waals surface area (Å²) in [7, 11) is -3.79. The van der Waals surface area contributed by atoms with Gasteiger partial charge in [-0.3, -0.25) is 9.10 Å². The number of primary amides is 1. The van der Waals surface area contributed by atoms with Crippen molar-refractivity contribution < 1.29 is 23.1 Å². The molecule has 0 spiro atoms. The van der Waals surface area contributed by atoms with E-state index in [1.807, 2.05) is 0 Å². The van der Waals surface area contributed by atoms with Gasteiger partial charge in [-0.1, -0.05) is 0 Å². The van der Waals surface area contributed by atoms with Crippen molar-refractivity contribution in [2.75, 3.05) is 10.8 Å². The van der Waals surface area contributed by atoms with E-state index < -0.39 is 21.9 Å². The van der Waals surface area contributed by atoms with Crippen LogP contribution in [0.1, 0.15) is 26.3 Å². The zero-order valence-electron chi connectivity index (χ0n) is 12.5. The minimum Gasteiger partial charge on any atom is -0.478 e. The summed E-state index contributed by atoms with van der Waals surface area (Å²) in [6.45, 7) is 0.234. The standard InChI is InChI=1S/C16H14N2O5S/c17-15(19)10-1-4-13(5-2-10)24(22,23)18-8-7-11-9-12(16(20)21)3-6-14(11)18/h1-6,9H,7-8H2,(H2,17,19)(H,20,21). The Kier molecular flexibility index (Phi) is 3.76. The van der Waals surface area contributed by atoms with Gasteiger partial charge in [0, 0.05) is 12.1 Å². The van der Waals surface area contributed by atoms with E-state index in [4.69, 9.17) is 10.8 Å². The van der Waals surface area contributed by atoms with Crippen molar-refractivity contribution in [3.8, 4) is 0 Å². The lowest BCUT2D eigenvalue weighted by molar-refractivity contribution is 0.0696. The number of carbonyl (C=O) groups is 2. The molecule has 0 aliphatic carbocycles. The van der Waals surface area contributed by atoms with Gasteiger partial charge in [0.05, 0.1) is 16.1 Å². The summed E-state index contributed by atoms with van der Waals surface area (Å²) < 4.78 is 26.8. The van der Waals surface area contributed by atoms with E-state index >= 15 is 0 Å². The number of nitrogens with two attached hydrogens (primary N) is 1. The highest BCUT2D eigenvalue weighted by molar-refractivity contribution is 7.92. The van der Waals surface area contributed by atoms with Gasteiger partial charge in [-0.2, -0.15) is 0 Å². The van der Waals surface area contributed by atoms with Crippen molar-refractivity contribution in [2.24, 2.45) is 5.73 Å². The number of carboxylic acid groups (broad SMARTS) is 1. The van der Waals surface area contributed by atoms with E-state index in [1.165, 1.54) is 46.8 Å². The highest BCUT2D eigenvalue weighted by Gasteiger charge is 2.31. The monoisotopic (exact) mass is 346 g/mol. The average Bonchev–Trinajstić information content (AvgIpc) is 2.98. The third-order valence-corrected chi connectivity index (χ3v) is 5.73. The Balaban J connectivity index is 1.98. The third-order valence-electron chi connectivity index (χ3n) is 3.91. The lowest BCUT2D eigenvalue weighted by Gasteiger charge is -2.19. The number of hydrogen-bond acceptors (Lipinski definition) is 4. The summed E-state index contributed by atoms with van der Waals surface area (Å²) in [5.74, 6) is -1.69. The van der Waals surface area contributed by atoms with Crippen molar-refractivity contribution in [1.82, 2.24) is 0 Å². The SMILES string of the molecule is NC(=O)c1ccc(S(=O)(=O)N2CCc3cc(C(=O)O)ccc32)cc1. The van der Waals surface area contributed by atoms with Crippen LogP contribution in [0.5, 0.6) is 0 Å². The first-order valence-corrected chi connectivity index (χ1v) is 8.53. The van der Waals surface area contributed by atoms with Gasteiger partial charge in [0.1, 0.15) is 0 Å². The Morgan fingerprint density at radius 1 is 1.04 bits per heavy atom. The summed E-state index contributed by atoms with van der Waals surface area (Å²) in [4.78, 5) is 22.1. The number of fused-ring (bicyclic) bond motifs is 1. The van der Waals surface area contributed by atoms with Crippen LogP contribution in [0.4, 0.5) is 5.69 Å². The maximum Gasteiger partial charge on any atom is 0.335 e. The fourth-order valence-electron chi connectivity index (χ4n) is 2.67. The summed E-state index contributed by atoms with van der Waals surface area (Å²) in [6, 6.07) is 9.76. The number of nitrogens with zero attached hydrogens (tertiary/aromatic N) is 1. The predicted octanol–water partition coefficient (Wildman–Crippen LogP) is 1.24. The lowest BCUT2D eigenvalue weighted by Crippen LogP contribution is -2.29. The lowest BCUT2D eigenvalue weighted by atomic mass is 10.1. The largest absolute Gasteiger partial charge is 0.478 e. The molecule has 0 unspecified atom stereocenters. The van der Waals surface area contributed by atoms with Crippen molar-refractivity contribution in [3.63, 3.8) is 0 Å². The molecule has 3 rings (SSSR count). The molecule has 7 nitrogen and oxygen atoms in total. The molecule has 1 amide bonds. The Labute approximate surface area is 138 Å². The molecule has 1 heterocycles. The molecule has 2 aromatic carbocycles. The molecule has 8 heteroatoms.